The minimum atomic E-state index is 0.651. The van der Waals surface area contributed by atoms with E-state index in [1.54, 1.807) is 7.11 Å². The second-order valence-electron chi connectivity index (χ2n) is 3.22. The zero-order valence-corrected chi connectivity index (χ0v) is 12.5. The molecule has 0 bridgehead atoms. The molecule has 18 heavy (non-hydrogen) atoms. The third-order valence-electron chi connectivity index (χ3n) is 1.93. The van der Waals surface area contributed by atoms with E-state index >= 15 is 0 Å². The summed E-state index contributed by atoms with van der Waals surface area (Å²) in [7, 11) is 1.67. The Morgan fingerprint density at radius 2 is 2.22 bits per heavy atom. The second kappa shape index (κ2) is 6.98. The number of nitrogens with zero attached hydrogens (tertiary/aromatic N) is 4. The van der Waals surface area contributed by atoms with E-state index in [1.165, 1.54) is 34.6 Å². The zero-order valence-electron chi connectivity index (χ0n) is 10.0. The van der Waals surface area contributed by atoms with Gasteiger partial charge in [-0.05, 0) is 23.3 Å². The number of aryl methyl sites for hydroxylation is 1. The van der Waals surface area contributed by atoms with Crippen LogP contribution in [0.5, 0.6) is 0 Å². The van der Waals surface area contributed by atoms with Crippen molar-refractivity contribution in [3.05, 3.63) is 5.82 Å². The summed E-state index contributed by atoms with van der Waals surface area (Å²) in [5, 5.41) is 12.1. The third kappa shape index (κ3) is 3.87. The lowest BCUT2D eigenvalue weighted by atomic mass is 10.5. The van der Waals surface area contributed by atoms with Gasteiger partial charge in [-0.2, -0.15) is 4.37 Å². The molecule has 2 rings (SSSR count). The first-order chi connectivity index (χ1) is 8.81. The molecule has 0 radical (unpaired) electrons. The fourth-order valence-corrected chi connectivity index (χ4v) is 3.76. The molecule has 0 amide bonds. The van der Waals surface area contributed by atoms with Gasteiger partial charge in [-0.1, -0.05) is 18.3 Å². The molecular weight excluding hydrogens is 290 g/mol. The minimum absolute atomic E-state index is 0.651. The molecule has 6 nitrogen and oxygen atoms in total. The van der Waals surface area contributed by atoms with Crippen LogP contribution in [-0.2, 0) is 11.2 Å². The van der Waals surface area contributed by atoms with E-state index in [4.69, 9.17) is 4.74 Å². The standard InChI is InChI=1S/C9H13N5OS3/c1-3-6-11-8(18-14-6)17-9-13-12-7(16-9)10-4-5-15-2/h3-5H2,1-2H3,(H,10,12). The highest BCUT2D eigenvalue weighted by Crippen LogP contribution is 2.32. The van der Waals surface area contributed by atoms with Crippen LogP contribution in [0.1, 0.15) is 12.7 Å². The number of aromatic nitrogens is 4. The van der Waals surface area contributed by atoms with E-state index in [2.05, 4.69) is 24.9 Å². The first-order valence-corrected chi connectivity index (χ1v) is 7.79. The van der Waals surface area contributed by atoms with Crippen molar-refractivity contribution in [2.24, 2.45) is 0 Å². The molecule has 0 atom stereocenters. The van der Waals surface area contributed by atoms with Crippen molar-refractivity contribution in [3.8, 4) is 0 Å². The van der Waals surface area contributed by atoms with Gasteiger partial charge in [-0.15, -0.1) is 10.2 Å². The lowest BCUT2D eigenvalue weighted by Crippen LogP contribution is -2.06. The molecule has 9 heteroatoms. The highest BCUT2D eigenvalue weighted by Gasteiger charge is 2.09. The number of methoxy groups -OCH3 is 1. The second-order valence-corrected chi connectivity index (χ2v) is 6.45. The molecule has 98 valence electrons. The van der Waals surface area contributed by atoms with Crippen LogP contribution in [0, 0.1) is 0 Å². The van der Waals surface area contributed by atoms with Crippen molar-refractivity contribution >= 4 is 39.8 Å². The van der Waals surface area contributed by atoms with Crippen molar-refractivity contribution in [1.82, 2.24) is 19.6 Å². The first-order valence-electron chi connectivity index (χ1n) is 5.38. The van der Waals surface area contributed by atoms with Gasteiger partial charge in [-0.3, -0.25) is 0 Å². The van der Waals surface area contributed by atoms with E-state index in [1.807, 2.05) is 6.92 Å². The summed E-state index contributed by atoms with van der Waals surface area (Å²) in [6.07, 6.45) is 0.858. The Bertz CT molecular complexity index is 486. The normalized spacial score (nSPS) is 10.8. The van der Waals surface area contributed by atoms with Crippen molar-refractivity contribution in [2.75, 3.05) is 25.6 Å². The maximum atomic E-state index is 4.95. The highest BCUT2D eigenvalue weighted by atomic mass is 32.2. The van der Waals surface area contributed by atoms with Crippen molar-refractivity contribution in [3.63, 3.8) is 0 Å². The van der Waals surface area contributed by atoms with Crippen LogP contribution in [0.25, 0.3) is 0 Å². The third-order valence-corrected chi connectivity index (χ3v) is 4.65. The smallest absolute Gasteiger partial charge is 0.206 e. The molecular formula is C9H13N5OS3. The molecule has 0 aliphatic carbocycles. The molecule has 2 heterocycles. The number of hydrogen-bond donors (Lipinski definition) is 1. The van der Waals surface area contributed by atoms with Gasteiger partial charge in [-0.25, -0.2) is 4.98 Å². The van der Waals surface area contributed by atoms with E-state index in [-0.39, 0.29) is 0 Å². The molecule has 0 aliphatic rings. The fraction of sp³-hybridized carbons (Fsp3) is 0.556. The van der Waals surface area contributed by atoms with Crippen molar-refractivity contribution < 1.29 is 4.74 Å². The quantitative estimate of drug-likeness (QED) is 0.786. The SMILES string of the molecule is CCc1nsc(Sc2nnc(NCCOC)s2)n1. The minimum Gasteiger partial charge on any atom is -0.383 e. The average molecular weight is 303 g/mol. The summed E-state index contributed by atoms with van der Waals surface area (Å²) in [6, 6.07) is 0. The summed E-state index contributed by atoms with van der Waals surface area (Å²) in [4.78, 5) is 4.38. The molecule has 0 unspecified atom stereocenters. The van der Waals surface area contributed by atoms with Gasteiger partial charge in [0.2, 0.25) is 5.13 Å². The Kier molecular flexibility index (Phi) is 5.29. The van der Waals surface area contributed by atoms with E-state index in [0.717, 1.165) is 32.6 Å². The maximum absolute atomic E-state index is 4.95. The van der Waals surface area contributed by atoms with Crippen LogP contribution in [0.3, 0.4) is 0 Å². The fourth-order valence-electron chi connectivity index (χ4n) is 1.08. The molecule has 0 spiro atoms. The number of hydrogen-bond acceptors (Lipinski definition) is 9. The number of ether oxygens (including phenoxy) is 1. The lowest BCUT2D eigenvalue weighted by molar-refractivity contribution is 0.211. The van der Waals surface area contributed by atoms with E-state index in [0.29, 0.717) is 6.61 Å². The molecule has 2 aromatic heterocycles. The molecule has 0 saturated carbocycles. The van der Waals surface area contributed by atoms with Gasteiger partial charge in [0.15, 0.2) is 8.68 Å². The molecule has 0 aliphatic heterocycles. The summed E-state index contributed by atoms with van der Waals surface area (Å²) in [5.74, 6) is 0.880. The van der Waals surface area contributed by atoms with Crippen molar-refractivity contribution in [1.29, 1.82) is 0 Å². The van der Waals surface area contributed by atoms with Gasteiger partial charge in [0.25, 0.3) is 0 Å². The van der Waals surface area contributed by atoms with Crippen LogP contribution >= 0.6 is 34.6 Å². The van der Waals surface area contributed by atoms with Crippen LogP contribution in [0.15, 0.2) is 8.68 Å². The Morgan fingerprint density at radius 3 is 2.94 bits per heavy atom. The number of anilines is 1. The molecule has 0 fully saturated rings. The highest BCUT2D eigenvalue weighted by molar-refractivity contribution is 8.02. The van der Waals surface area contributed by atoms with Crippen LogP contribution in [0.4, 0.5) is 5.13 Å². The zero-order chi connectivity index (χ0) is 12.8. The Hall–Kier alpha value is -0.770. The average Bonchev–Trinajstić information content (AvgIpc) is 3.00. The van der Waals surface area contributed by atoms with Crippen molar-refractivity contribution in [2.45, 2.75) is 22.0 Å². The summed E-state index contributed by atoms with van der Waals surface area (Å²) < 4.78 is 11.0. The van der Waals surface area contributed by atoms with Gasteiger partial charge < -0.3 is 10.1 Å². The number of rotatable bonds is 7. The van der Waals surface area contributed by atoms with Gasteiger partial charge in [0.05, 0.1) is 6.61 Å². The predicted octanol–water partition coefficient (Wildman–Crippen LogP) is 2.16. The van der Waals surface area contributed by atoms with Gasteiger partial charge in [0, 0.05) is 20.1 Å². The topological polar surface area (TPSA) is 72.8 Å². The molecule has 1 N–H and O–H groups in total. The van der Waals surface area contributed by atoms with E-state index < -0.39 is 0 Å². The summed E-state index contributed by atoms with van der Waals surface area (Å²) >= 11 is 4.41. The lowest BCUT2D eigenvalue weighted by Gasteiger charge is -1.98. The largest absolute Gasteiger partial charge is 0.383 e. The van der Waals surface area contributed by atoms with Crippen LogP contribution in [-0.4, -0.2) is 39.8 Å². The number of nitrogens with one attached hydrogen (secondary N) is 1. The molecule has 2 aromatic rings. The first kappa shape index (κ1) is 13.7. The monoisotopic (exact) mass is 303 g/mol. The Morgan fingerprint density at radius 1 is 1.33 bits per heavy atom. The summed E-state index contributed by atoms with van der Waals surface area (Å²) in [6.45, 7) is 3.42. The molecule has 0 aromatic carbocycles. The Labute approximate surface area is 117 Å². The molecule has 0 saturated heterocycles. The van der Waals surface area contributed by atoms with Gasteiger partial charge >= 0.3 is 0 Å². The van der Waals surface area contributed by atoms with Crippen LogP contribution < -0.4 is 5.32 Å². The maximum Gasteiger partial charge on any atom is 0.206 e. The van der Waals surface area contributed by atoms with E-state index in [9.17, 15) is 0 Å². The van der Waals surface area contributed by atoms with Crippen LogP contribution in [0.2, 0.25) is 0 Å². The Balaban J connectivity index is 1.89. The summed E-state index contributed by atoms with van der Waals surface area (Å²) in [5.41, 5.74) is 0. The van der Waals surface area contributed by atoms with Gasteiger partial charge in [0.1, 0.15) is 5.82 Å². The predicted molar refractivity (Wildman–Crippen MR) is 73.7 cm³/mol.